The minimum absolute atomic E-state index is 0.546. The first-order chi connectivity index (χ1) is 13.1. The van der Waals surface area contributed by atoms with Crippen molar-refractivity contribution >= 4 is 28.7 Å². The molecule has 0 bridgehead atoms. The maximum atomic E-state index is 4.44. The van der Waals surface area contributed by atoms with Crippen molar-refractivity contribution in [1.29, 1.82) is 0 Å². The zero-order chi connectivity index (χ0) is 19.2. The first-order valence-electron chi connectivity index (χ1n) is 10.0. The van der Waals surface area contributed by atoms with Crippen LogP contribution in [0.5, 0.6) is 0 Å². The standard InChI is InChI=1S/C25H30N2/c1-5-19(3)27(20(4)6-2)23-15-12-21(13-16-23)11-14-22-17-18-26-25-10-8-7-9-24(22)25/h7-20H,5-6H2,1-4H3/b14-11-/t19-,20+. The van der Waals surface area contributed by atoms with Gasteiger partial charge in [0.1, 0.15) is 0 Å². The van der Waals surface area contributed by atoms with Crippen molar-refractivity contribution in [2.24, 2.45) is 0 Å². The van der Waals surface area contributed by atoms with E-state index in [0.717, 1.165) is 18.4 Å². The molecule has 0 aliphatic heterocycles. The summed E-state index contributed by atoms with van der Waals surface area (Å²) in [5, 5.41) is 1.19. The van der Waals surface area contributed by atoms with Crippen molar-refractivity contribution in [2.45, 2.75) is 52.6 Å². The average Bonchev–Trinajstić information content (AvgIpc) is 2.72. The molecule has 2 atom stereocenters. The zero-order valence-corrected chi connectivity index (χ0v) is 16.9. The van der Waals surface area contributed by atoms with Crippen molar-refractivity contribution in [2.75, 3.05) is 4.90 Å². The Morgan fingerprint density at radius 1 is 0.852 bits per heavy atom. The van der Waals surface area contributed by atoms with Crippen molar-refractivity contribution in [3.63, 3.8) is 0 Å². The van der Waals surface area contributed by atoms with E-state index in [1.54, 1.807) is 0 Å². The van der Waals surface area contributed by atoms with E-state index in [2.05, 4.69) is 98.3 Å². The van der Waals surface area contributed by atoms with Crippen LogP contribution in [-0.4, -0.2) is 17.1 Å². The first kappa shape index (κ1) is 19.2. The summed E-state index contributed by atoms with van der Waals surface area (Å²) >= 11 is 0. The molecule has 0 aliphatic rings. The van der Waals surface area contributed by atoms with Gasteiger partial charge in [-0.1, -0.05) is 56.3 Å². The third-order valence-corrected chi connectivity index (χ3v) is 5.46. The molecule has 3 aromatic rings. The Balaban J connectivity index is 1.83. The van der Waals surface area contributed by atoms with E-state index in [1.165, 1.54) is 22.2 Å². The molecule has 0 fully saturated rings. The van der Waals surface area contributed by atoms with Crippen LogP contribution >= 0.6 is 0 Å². The van der Waals surface area contributed by atoms with E-state index >= 15 is 0 Å². The van der Waals surface area contributed by atoms with Crippen LogP contribution in [0.1, 0.15) is 51.7 Å². The Morgan fingerprint density at radius 3 is 2.19 bits per heavy atom. The predicted molar refractivity (Wildman–Crippen MR) is 119 cm³/mol. The molecule has 0 saturated carbocycles. The van der Waals surface area contributed by atoms with E-state index in [9.17, 15) is 0 Å². The monoisotopic (exact) mass is 358 g/mol. The fraction of sp³-hybridized carbons (Fsp3) is 0.320. The number of aromatic nitrogens is 1. The molecule has 0 spiro atoms. The van der Waals surface area contributed by atoms with Crippen LogP contribution in [0.25, 0.3) is 23.1 Å². The number of para-hydroxylation sites is 1. The Kier molecular flexibility index (Phi) is 6.28. The largest absolute Gasteiger partial charge is 0.366 e. The quantitative estimate of drug-likeness (QED) is 0.461. The molecular formula is C25H30N2. The number of benzene rings is 2. The summed E-state index contributed by atoms with van der Waals surface area (Å²) in [6, 6.07) is 20.4. The van der Waals surface area contributed by atoms with Crippen LogP contribution in [0, 0.1) is 0 Å². The van der Waals surface area contributed by atoms with Gasteiger partial charge in [-0.05, 0) is 62.1 Å². The van der Waals surface area contributed by atoms with Crippen molar-refractivity contribution < 1.29 is 0 Å². The lowest BCUT2D eigenvalue weighted by molar-refractivity contribution is 0.527. The van der Waals surface area contributed by atoms with Crippen molar-refractivity contribution in [3.8, 4) is 0 Å². The second-order valence-electron chi connectivity index (χ2n) is 7.26. The molecule has 2 heteroatoms. The van der Waals surface area contributed by atoms with Crippen LogP contribution in [0.4, 0.5) is 5.69 Å². The number of rotatable bonds is 7. The van der Waals surface area contributed by atoms with E-state index in [-0.39, 0.29) is 0 Å². The lowest BCUT2D eigenvalue weighted by Crippen LogP contribution is -2.39. The minimum atomic E-state index is 0.546. The summed E-state index contributed by atoms with van der Waals surface area (Å²) in [6.07, 6.45) is 8.55. The fourth-order valence-corrected chi connectivity index (χ4v) is 3.54. The molecule has 3 rings (SSSR count). The molecule has 2 nitrogen and oxygen atoms in total. The number of hydrogen-bond acceptors (Lipinski definition) is 2. The summed E-state index contributed by atoms with van der Waals surface area (Å²) < 4.78 is 0. The third kappa shape index (κ3) is 4.39. The molecule has 0 N–H and O–H groups in total. The fourth-order valence-electron chi connectivity index (χ4n) is 3.54. The van der Waals surface area contributed by atoms with Gasteiger partial charge in [-0.2, -0.15) is 0 Å². The third-order valence-electron chi connectivity index (χ3n) is 5.46. The molecule has 1 heterocycles. The van der Waals surface area contributed by atoms with Gasteiger partial charge in [0.25, 0.3) is 0 Å². The highest BCUT2D eigenvalue weighted by Gasteiger charge is 2.17. The topological polar surface area (TPSA) is 16.1 Å². The maximum Gasteiger partial charge on any atom is 0.0707 e. The van der Waals surface area contributed by atoms with Crippen LogP contribution in [0.3, 0.4) is 0 Å². The summed E-state index contributed by atoms with van der Waals surface area (Å²) in [6.45, 7) is 9.15. The number of hydrogen-bond donors (Lipinski definition) is 0. The normalized spacial score (nSPS) is 13.8. The van der Waals surface area contributed by atoms with Gasteiger partial charge in [-0.15, -0.1) is 0 Å². The SMILES string of the molecule is CC[C@@H](C)N(c1ccc(/C=C\c2ccnc3ccccc23)cc1)[C@@H](C)CC. The number of anilines is 1. The highest BCUT2D eigenvalue weighted by atomic mass is 15.2. The first-order valence-corrected chi connectivity index (χ1v) is 10.0. The van der Waals surface area contributed by atoms with Crippen LogP contribution in [0.15, 0.2) is 60.8 Å². The van der Waals surface area contributed by atoms with Gasteiger partial charge in [0.15, 0.2) is 0 Å². The average molecular weight is 359 g/mol. The van der Waals surface area contributed by atoms with Gasteiger partial charge >= 0.3 is 0 Å². The molecule has 0 radical (unpaired) electrons. The number of nitrogens with zero attached hydrogens (tertiary/aromatic N) is 2. The Labute approximate surface area is 163 Å². The Bertz CT molecular complexity index is 880. The van der Waals surface area contributed by atoms with E-state index in [1.807, 2.05) is 12.3 Å². The van der Waals surface area contributed by atoms with Crippen LogP contribution in [-0.2, 0) is 0 Å². The molecule has 27 heavy (non-hydrogen) atoms. The van der Waals surface area contributed by atoms with Gasteiger partial charge in [0, 0.05) is 29.4 Å². The van der Waals surface area contributed by atoms with E-state index < -0.39 is 0 Å². The molecule has 0 amide bonds. The van der Waals surface area contributed by atoms with Gasteiger partial charge < -0.3 is 4.90 Å². The second-order valence-corrected chi connectivity index (χ2v) is 7.26. The van der Waals surface area contributed by atoms with E-state index in [0.29, 0.717) is 12.1 Å². The second kappa shape index (κ2) is 8.85. The Morgan fingerprint density at radius 2 is 1.52 bits per heavy atom. The zero-order valence-electron chi connectivity index (χ0n) is 16.9. The Hall–Kier alpha value is -2.61. The molecule has 0 unspecified atom stereocenters. The van der Waals surface area contributed by atoms with Crippen molar-refractivity contribution in [3.05, 3.63) is 71.9 Å². The maximum absolute atomic E-state index is 4.44. The lowest BCUT2D eigenvalue weighted by Gasteiger charge is -2.36. The van der Waals surface area contributed by atoms with Crippen molar-refractivity contribution in [1.82, 2.24) is 4.98 Å². The van der Waals surface area contributed by atoms with Crippen LogP contribution in [0.2, 0.25) is 0 Å². The molecular weight excluding hydrogens is 328 g/mol. The van der Waals surface area contributed by atoms with Gasteiger partial charge in [-0.25, -0.2) is 0 Å². The highest BCUT2D eigenvalue weighted by Crippen LogP contribution is 2.24. The lowest BCUT2D eigenvalue weighted by atomic mass is 10.1. The molecule has 140 valence electrons. The predicted octanol–water partition coefficient (Wildman–Crippen LogP) is 6.81. The minimum Gasteiger partial charge on any atom is -0.366 e. The van der Waals surface area contributed by atoms with Gasteiger partial charge in [0.05, 0.1) is 5.52 Å². The summed E-state index contributed by atoms with van der Waals surface area (Å²) in [4.78, 5) is 6.98. The number of fused-ring (bicyclic) bond motifs is 1. The highest BCUT2D eigenvalue weighted by molar-refractivity contribution is 5.90. The smallest absolute Gasteiger partial charge is 0.0707 e. The summed E-state index contributed by atoms with van der Waals surface area (Å²) in [5.41, 5.74) is 4.76. The van der Waals surface area contributed by atoms with Gasteiger partial charge in [-0.3, -0.25) is 4.98 Å². The molecule has 1 aromatic heterocycles. The molecule has 0 saturated heterocycles. The van der Waals surface area contributed by atoms with Crippen LogP contribution < -0.4 is 4.90 Å². The molecule has 0 aliphatic carbocycles. The summed E-state index contributed by atoms with van der Waals surface area (Å²) in [5.74, 6) is 0. The number of pyridine rings is 1. The summed E-state index contributed by atoms with van der Waals surface area (Å²) in [7, 11) is 0. The van der Waals surface area contributed by atoms with E-state index in [4.69, 9.17) is 0 Å². The molecule has 2 aromatic carbocycles. The van der Waals surface area contributed by atoms with Gasteiger partial charge in [0.2, 0.25) is 0 Å².